The van der Waals surface area contributed by atoms with Gasteiger partial charge in [-0.3, -0.25) is 4.79 Å². The van der Waals surface area contributed by atoms with Gasteiger partial charge in [0.2, 0.25) is 0 Å². The van der Waals surface area contributed by atoms with Crippen LogP contribution in [0.4, 0.5) is 0 Å². The number of hydrogen-bond donors (Lipinski definition) is 6. The van der Waals surface area contributed by atoms with Crippen molar-refractivity contribution >= 4 is 5.97 Å². The second-order valence-corrected chi connectivity index (χ2v) is 15.9. The summed E-state index contributed by atoms with van der Waals surface area (Å²) in [6.45, 7) is 18.0. The van der Waals surface area contributed by atoms with Gasteiger partial charge in [0.15, 0.2) is 12.6 Å². The number of hydrogen-bond acceptors (Lipinski definition) is 13. The van der Waals surface area contributed by atoms with Crippen LogP contribution >= 0.6 is 0 Å². The Morgan fingerprint density at radius 2 is 1.61 bits per heavy atom. The monoisotopic (exact) mass is 705 g/mol. The maximum Gasteiger partial charge on any atom is 0.311 e. The highest BCUT2D eigenvalue weighted by Gasteiger charge is 2.52. The van der Waals surface area contributed by atoms with Crippen molar-refractivity contribution in [2.75, 3.05) is 20.3 Å². The molecule has 0 radical (unpaired) electrons. The highest BCUT2D eigenvalue weighted by molar-refractivity contribution is 5.73. The number of aliphatic hydroxyl groups is 5. The SMILES string of the molecule is CC[C@H]1OC(=O)[C@H](C)[C@@H](O[C@H]2C[C@@](C)(OC)C(CO)[C@H](C)O2)[C@H](C)[C@@H](O[C@@H]2O[C@H](C)CC[C@H]2O)[C@](C)(O)C[C@@H](C)CN[C@H](C)[C@@H](O)[C@]1(C)O. The van der Waals surface area contributed by atoms with Gasteiger partial charge in [-0.2, -0.15) is 0 Å². The lowest BCUT2D eigenvalue weighted by Gasteiger charge is -2.49. The predicted molar refractivity (Wildman–Crippen MR) is 181 cm³/mol. The van der Waals surface area contributed by atoms with E-state index in [4.69, 9.17) is 28.4 Å². The maximum absolute atomic E-state index is 14.1. The molecule has 3 fully saturated rings. The van der Waals surface area contributed by atoms with E-state index in [1.807, 2.05) is 34.6 Å². The van der Waals surface area contributed by atoms with Gasteiger partial charge >= 0.3 is 5.97 Å². The molecule has 0 spiro atoms. The third kappa shape index (κ3) is 9.92. The molecule has 0 aromatic carbocycles. The molecule has 0 aromatic heterocycles. The summed E-state index contributed by atoms with van der Waals surface area (Å²) in [6.07, 6.45) is -5.90. The normalized spacial score (nSPS) is 49.8. The summed E-state index contributed by atoms with van der Waals surface area (Å²) in [5.74, 6) is -2.82. The minimum Gasteiger partial charge on any atom is -0.459 e. The van der Waals surface area contributed by atoms with E-state index in [1.54, 1.807) is 34.8 Å². The number of esters is 1. The molecule has 49 heavy (non-hydrogen) atoms. The molecule has 3 saturated heterocycles. The number of nitrogens with one attached hydrogen (secondary N) is 1. The molecule has 0 saturated carbocycles. The molecule has 6 N–H and O–H groups in total. The summed E-state index contributed by atoms with van der Waals surface area (Å²) in [7, 11) is 1.57. The summed E-state index contributed by atoms with van der Waals surface area (Å²) in [5.41, 5.74) is -4.10. The fraction of sp³-hybridized carbons (Fsp3) is 0.972. The van der Waals surface area contributed by atoms with Gasteiger partial charge in [-0.05, 0) is 86.6 Å². The van der Waals surface area contributed by atoms with Crippen LogP contribution < -0.4 is 5.32 Å². The Hall–Kier alpha value is -0.970. The first-order valence-corrected chi connectivity index (χ1v) is 18.2. The van der Waals surface area contributed by atoms with Crippen LogP contribution in [0.5, 0.6) is 0 Å². The van der Waals surface area contributed by atoms with E-state index >= 15 is 0 Å². The average Bonchev–Trinajstić information content (AvgIpc) is 3.03. The summed E-state index contributed by atoms with van der Waals surface area (Å²) < 4.78 is 37.4. The third-order valence-electron chi connectivity index (χ3n) is 11.5. The van der Waals surface area contributed by atoms with Crippen LogP contribution in [0, 0.1) is 23.7 Å². The molecule has 13 heteroatoms. The van der Waals surface area contributed by atoms with Crippen molar-refractivity contribution in [1.82, 2.24) is 5.32 Å². The van der Waals surface area contributed by atoms with E-state index in [-0.39, 0.29) is 43.8 Å². The zero-order valence-corrected chi connectivity index (χ0v) is 31.6. The molecule has 0 aromatic rings. The van der Waals surface area contributed by atoms with Gasteiger partial charge in [0.25, 0.3) is 0 Å². The van der Waals surface area contributed by atoms with Crippen LogP contribution in [0.1, 0.15) is 101 Å². The van der Waals surface area contributed by atoms with E-state index in [9.17, 15) is 30.3 Å². The van der Waals surface area contributed by atoms with Gasteiger partial charge in [-0.1, -0.05) is 20.8 Å². The predicted octanol–water partition coefficient (Wildman–Crippen LogP) is 2.27. The number of carbonyl (C=O) groups excluding carboxylic acids is 1. The molecule has 3 aliphatic rings. The molecule has 3 rings (SSSR count). The smallest absolute Gasteiger partial charge is 0.311 e. The molecule has 1 unspecified atom stereocenters. The molecule has 0 bridgehead atoms. The van der Waals surface area contributed by atoms with Crippen molar-refractivity contribution in [3.63, 3.8) is 0 Å². The zero-order chi connectivity index (χ0) is 37.1. The second-order valence-electron chi connectivity index (χ2n) is 15.9. The second kappa shape index (κ2) is 17.2. The summed E-state index contributed by atoms with van der Waals surface area (Å²) in [4.78, 5) is 14.1. The van der Waals surface area contributed by atoms with Gasteiger partial charge in [0.1, 0.15) is 23.9 Å². The largest absolute Gasteiger partial charge is 0.459 e. The van der Waals surface area contributed by atoms with Gasteiger partial charge < -0.3 is 59.3 Å². The van der Waals surface area contributed by atoms with Crippen LogP contribution in [0.25, 0.3) is 0 Å². The first kappa shape index (κ1) is 42.4. The topological polar surface area (TPSA) is 186 Å². The number of aliphatic hydroxyl groups excluding tert-OH is 3. The Balaban J connectivity index is 2.12. The quantitative estimate of drug-likeness (QED) is 0.212. The fourth-order valence-corrected chi connectivity index (χ4v) is 8.18. The van der Waals surface area contributed by atoms with Crippen LogP contribution in [0.15, 0.2) is 0 Å². The minimum absolute atomic E-state index is 0.133. The van der Waals surface area contributed by atoms with Crippen LogP contribution in [0.2, 0.25) is 0 Å². The lowest BCUT2D eigenvalue weighted by Crippen LogP contribution is -2.59. The van der Waals surface area contributed by atoms with Gasteiger partial charge in [0.05, 0.1) is 48.1 Å². The van der Waals surface area contributed by atoms with Crippen molar-refractivity contribution in [2.24, 2.45) is 23.7 Å². The van der Waals surface area contributed by atoms with E-state index in [2.05, 4.69) is 5.32 Å². The van der Waals surface area contributed by atoms with Crippen molar-refractivity contribution in [1.29, 1.82) is 0 Å². The summed E-state index contributed by atoms with van der Waals surface area (Å²) in [6, 6.07) is -0.574. The molecule has 3 heterocycles. The molecule has 13 nitrogen and oxygen atoms in total. The minimum atomic E-state index is -1.79. The van der Waals surface area contributed by atoms with E-state index < -0.39 is 89.9 Å². The Kier molecular flexibility index (Phi) is 14.9. The molecule has 0 aliphatic carbocycles. The van der Waals surface area contributed by atoms with Gasteiger partial charge in [-0.25, -0.2) is 0 Å². The average molecular weight is 706 g/mol. The molecular formula is C36H67NO12. The molecule has 288 valence electrons. The number of methoxy groups -OCH3 is 1. The Labute approximate surface area is 293 Å². The molecule has 3 aliphatic heterocycles. The number of ether oxygens (including phenoxy) is 6. The van der Waals surface area contributed by atoms with Gasteiger partial charge in [0, 0.05) is 31.4 Å². The highest BCUT2D eigenvalue weighted by Crippen LogP contribution is 2.41. The Morgan fingerprint density at radius 1 is 0.959 bits per heavy atom. The lowest BCUT2D eigenvalue weighted by atomic mass is 9.77. The standard InChI is InChI=1S/C36H67NO12/c1-12-27-36(10,43)30(40)23(6)37-17-19(2)15-34(8,42)31(49-33-26(39)14-13-20(3)45-33)21(4)29(22(5)32(41)47-27)48-28-16-35(9,44-11)25(18-38)24(7)46-28/h19-31,33,37-40,42-43H,12-18H2,1-11H3/t19-,20-,21+,22-,23-,24+,25?,26-,27-,28+,29+,30-,31-,33+,34-,35-,36-/m1/s1. The third-order valence-corrected chi connectivity index (χ3v) is 11.5. The lowest BCUT2D eigenvalue weighted by molar-refractivity contribution is -0.310. The van der Waals surface area contributed by atoms with Crippen molar-refractivity contribution in [2.45, 2.75) is 179 Å². The number of rotatable bonds is 7. The Bertz CT molecular complexity index is 1050. The van der Waals surface area contributed by atoms with Crippen LogP contribution in [-0.4, -0.2) is 130 Å². The fourth-order valence-electron chi connectivity index (χ4n) is 8.18. The van der Waals surface area contributed by atoms with Crippen molar-refractivity contribution in [3.8, 4) is 0 Å². The van der Waals surface area contributed by atoms with E-state index in [0.29, 0.717) is 19.4 Å². The first-order valence-electron chi connectivity index (χ1n) is 18.2. The summed E-state index contributed by atoms with van der Waals surface area (Å²) >= 11 is 0. The number of carbonyl (C=O) groups is 1. The van der Waals surface area contributed by atoms with E-state index in [0.717, 1.165) is 0 Å². The highest BCUT2D eigenvalue weighted by atomic mass is 16.7. The number of cyclic esters (lactones) is 1. The maximum atomic E-state index is 14.1. The Morgan fingerprint density at radius 3 is 2.20 bits per heavy atom. The van der Waals surface area contributed by atoms with Crippen molar-refractivity contribution in [3.05, 3.63) is 0 Å². The molecule has 0 amide bonds. The summed E-state index contributed by atoms with van der Waals surface area (Å²) in [5, 5.41) is 59.4. The van der Waals surface area contributed by atoms with Gasteiger partial charge in [-0.15, -0.1) is 0 Å². The molecule has 17 atom stereocenters. The van der Waals surface area contributed by atoms with Crippen molar-refractivity contribution < 1.29 is 58.7 Å². The van der Waals surface area contributed by atoms with Crippen LogP contribution in [0.3, 0.4) is 0 Å². The van der Waals surface area contributed by atoms with Crippen LogP contribution in [-0.2, 0) is 33.2 Å². The first-order chi connectivity index (χ1) is 22.7. The zero-order valence-electron chi connectivity index (χ0n) is 31.6. The molecular weight excluding hydrogens is 638 g/mol. The van der Waals surface area contributed by atoms with E-state index in [1.165, 1.54) is 6.92 Å².